The van der Waals surface area contributed by atoms with Crippen LogP contribution in [0.25, 0.3) is 0 Å². The number of carbonyl (C=O) groups excluding carboxylic acids is 1. The lowest BCUT2D eigenvalue weighted by molar-refractivity contribution is -0.123. The lowest BCUT2D eigenvalue weighted by Crippen LogP contribution is -2.37. The highest BCUT2D eigenvalue weighted by Crippen LogP contribution is 2.32. The summed E-state index contributed by atoms with van der Waals surface area (Å²) in [6, 6.07) is 11.3. The molecule has 1 aliphatic heterocycles. The summed E-state index contributed by atoms with van der Waals surface area (Å²) in [5.74, 6) is -0.203. The molecule has 2 N–H and O–H groups in total. The predicted octanol–water partition coefficient (Wildman–Crippen LogP) is 3.96. The van der Waals surface area contributed by atoms with E-state index >= 15 is 0 Å². The fraction of sp³-hybridized carbons (Fsp3) is 0.381. The zero-order valence-corrected chi connectivity index (χ0v) is 18.8. The molecule has 1 fully saturated rings. The lowest BCUT2D eigenvalue weighted by atomic mass is 9.95. The maximum absolute atomic E-state index is 13.0. The van der Waals surface area contributed by atoms with Gasteiger partial charge in [0.1, 0.15) is 0 Å². The Labute approximate surface area is 182 Å². The monoisotopic (exact) mass is 451 g/mol. The van der Waals surface area contributed by atoms with E-state index in [9.17, 15) is 13.2 Å². The third-order valence-electron chi connectivity index (χ3n) is 4.68. The number of anilines is 3. The third kappa shape index (κ3) is 5.24. The highest BCUT2D eigenvalue weighted by Gasteiger charge is 2.25. The first-order valence-electron chi connectivity index (χ1n) is 9.63. The number of hydrogen-bond acceptors (Lipinski definition) is 5. The van der Waals surface area contributed by atoms with Crippen molar-refractivity contribution < 1.29 is 17.9 Å². The molecule has 9 heteroatoms. The summed E-state index contributed by atoms with van der Waals surface area (Å²) in [7, 11) is -3.91. The third-order valence-corrected chi connectivity index (χ3v) is 6.37. The van der Waals surface area contributed by atoms with E-state index < -0.39 is 15.4 Å². The van der Waals surface area contributed by atoms with Crippen molar-refractivity contribution in [1.29, 1.82) is 0 Å². The Bertz CT molecular complexity index is 1030. The highest BCUT2D eigenvalue weighted by atomic mass is 35.5. The molecule has 0 bridgehead atoms. The van der Waals surface area contributed by atoms with E-state index in [4.69, 9.17) is 16.3 Å². The number of para-hydroxylation sites is 1. The smallest absolute Gasteiger partial charge is 0.262 e. The van der Waals surface area contributed by atoms with E-state index in [1.165, 1.54) is 12.1 Å². The Morgan fingerprint density at radius 1 is 1.07 bits per heavy atom. The molecule has 3 rings (SSSR count). The van der Waals surface area contributed by atoms with E-state index in [2.05, 4.69) is 14.9 Å². The number of ether oxygens (including phenoxy) is 1. The summed E-state index contributed by atoms with van der Waals surface area (Å²) in [5.41, 5.74) is 0.857. The van der Waals surface area contributed by atoms with Gasteiger partial charge in [-0.25, -0.2) is 8.42 Å². The van der Waals surface area contributed by atoms with Gasteiger partial charge in [-0.1, -0.05) is 44.5 Å². The standard InChI is InChI=1S/C21H26ClN3O4S/c1-21(2,3)20(26)23-18-14-15(8-9-19(18)25-10-12-29-13-11-25)30(27,28)24-17-7-5-4-6-16(17)22/h4-9,14,24H,10-13H2,1-3H3,(H,23,26). The van der Waals surface area contributed by atoms with Crippen LogP contribution in [0.4, 0.5) is 17.1 Å². The van der Waals surface area contributed by atoms with E-state index in [-0.39, 0.29) is 16.5 Å². The van der Waals surface area contributed by atoms with Crippen molar-refractivity contribution in [1.82, 2.24) is 0 Å². The van der Waals surface area contributed by atoms with E-state index in [1.807, 2.05) is 0 Å². The van der Waals surface area contributed by atoms with Gasteiger partial charge in [0, 0.05) is 18.5 Å². The summed E-state index contributed by atoms with van der Waals surface area (Å²) in [4.78, 5) is 14.7. The van der Waals surface area contributed by atoms with Crippen molar-refractivity contribution in [2.45, 2.75) is 25.7 Å². The maximum atomic E-state index is 13.0. The van der Waals surface area contributed by atoms with Crippen molar-refractivity contribution in [3.05, 3.63) is 47.5 Å². The van der Waals surface area contributed by atoms with Crippen molar-refractivity contribution >= 4 is 44.6 Å². The van der Waals surface area contributed by atoms with Gasteiger partial charge in [-0.2, -0.15) is 0 Å². The van der Waals surface area contributed by atoms with Crippen molar-refractivity contribution in [3.63, 3.8) is 0 Å². The summed E-state index contributed by atoms with van der Waals surface area (Å²) < 4.78 is 33.8. The molecule has 0 aliphatic carbocycles. The first-order chi connectivity index (χ1) is 14.1. The molecule has 0 spiro atoms. The number of halogens is 1. The van der Waals surface area contributed by atoms with Gasteiger partial charge in [0.25, 0.3) is 10.0 Å². The first kappa shape index (κ1) is 22.4. The summed E-state index contributed by atoms with van der Waals surface area (Å²) in [6.45, 7) is 7.86. The number of amides is 1. The van der Waals surface area contributed by atoms with Gasteiger partial charge in [0.05, 0.1) is 40.2 Å². The van der Waals surface area contributed by atoms with Crippen LogP contribution in [0.1, 0.15) is 20.8 Å². The molecule has 1 amide bonds. The van der Waals surface area contributed by atoms with Crippen molar-refractivity contribution in [3.8, 4) is 0 Å². The fourth-order valence-electron chi connectivity index (χ4n) is 2.92. The fourth-order valence-corrected chi connectivity index (χ4v) is 4.26. The molecule has 0 radical (unpaired) electrons. The van der Waals surface area contributed by atoms with Crippen LogP contribution in [-0.2, 0) is 19.6 Å². The Balaban J connectivity index is 1.98. The van der Waals surface area contributed by atoms with Crippen LogP contribution >= 0.6 is 11.6 Å². The van der Waals surface area contributed by atoms with Gasteiger partial charge >= 0.3 is 0 Å². The van der Waals surface area contributed by atoms with Crippen LogP contribution in [0.2, 0.25) is 5.02 Å². The number of nitrogens with zero attached hydrogens (tertiary/aromatic N) is 1. The van der Waals surface area contributed by atoms with Crippen LogP contribution in [0.15, 0.2) is 47.4 Å². The average molecular weight is 452 g/mol. The molecule has 30 heavy (non-hydrogen) atoms. The van der Waals surface area contributed by atoms with Crippen molar-refractivity contribution in [2.75, 3.05) is 41.2 Å². The molecular weight excluding hydrogens is 426 g/mol. The summed E-state index contributed by atoms with van der Waals surface area (Å²) in [6.07, 6.45) is 0. The van der Waals surface area contributed by atoms with E-state index in [0.717, 1.165) is 5.69 Å². The van der Waals surface area contributed by atoms with Crippen LogP contribution in [0, 0.1) is 5.41 Å². The minimum atomic E-state index is -3.91. The van der Waals surface area contributed by atoms with Gasteiger partial charge in [0.2, 0.25) is 5.91 Å². The average Bonchev–Trinajstić information content (AvgIpc) is 2.69. The quantitative estimate of drug-likeness (QED) is 0.718. The number of carbonyl (C=O) groups is 1. The van der Waals surface area contributed by atoms with E-state index in [1.54, 1.807) is 51.1 Å². The minimum Gasteiger partial charge on any atom is -0.378 e. The molecule has 2 aromatic rings. The SMILES string of the molecule is CC(C)(C)C(=O)Nc1cc(S(=O)(=O)Nc2ccccc2Cl)ccc1N1CCOCC1. The second-order valence-electron chi connectivity index (χ2n) is 8.07. The van der Waals surface area contributed by atoms with Gasteiger partial charge in [-0.3, -0.25) is 9.52 Å². The molecule has 1 aliphatic rings. The normalized spacial score (nSPS) is 15.0. The van der Waals surface area contributed by atoms with Crippen LogP contribution < -0.4 is 14.9 Å². The Morgan fingerprint density at radius 2 is 1.73 bits per heavy atom. The van der Waals surface area contributed by atoms with Crippen LogP contribution in [-0.4, -0.2) is 40.6 Å². The number of rotatable bonds is 5. The summed E-state index contributed by atoms with van der Waals surface area (Å²) in [5, 5.41) is 3.19. The van der Waals surface area contributed by atoms with Crippen LogP contribution in [0.5, 0.6) is 0 Å². The number of hydrogen-bond donors (Lipinski definition) is 2. The topological polar surface area (TPSA) is 87.7 Å². The number of sulfonamides is 1. The van der Waals surface area contributed by atoms with Gasteiger partial charge in [-0.15, -0.1) is 0 Å². The number of benzene rings is 2. The molecule has 2 aromatic carbocycles. The molecule has 1 saturated heterocycles. The van der Waals surface area contributed by atoms with Gasteiger partial charge in [-0.05, 0) is 30.3 Å². The van der Waals surface area contributed by atoms with Crippen molar-refractivity contribution in [2.24, 2.45) is 5.41 Å². The maximum Gasteiger partial charge on any atom is 0.262 e. The zero-order valence-electron chi connectivity index (χ0n) is 17.2. The molecule has 0 unspecified atom stereocenters. The van der Waals surface area contributed by atoms with Crippen LogP contribution in [0.3, 0.4) is 0 Å². The Hall–Kier alpha value is -2.29. The molecule has 0 saturated carbocycles. The highest BCUT2D eigenvalue weighted by molar-refractivity contribution is 7.92. The molecule has 7 nitrogen and oxygen atoms in total. The second-order valence-corrected chi connectivity index (χ2v) is 10.2. The predicted molar refractivity (Wildman–Crippen MR) is 120 cm³/mol. The second kappa shape index (κ2) is 8.83. The van der Waals surface area contributed by atoms with Gasteiger partial charge < -0.3 is 15.0 Å². The molecule has 162 valence electrons. The lowest BCUT2D eigenvalue weighted by Gasteiger charge is -2.31. The Morgan fingerprint density at radius 3 is 2.37 bits per heavy atom. The molecular formula is C21H26ClN3O4S. The molecule has 0 aromatic heterocycles. The number of nitrogens with one attached hydrogen (secondary N) is 2. The Kier molecular flexibility index (Phi) is 6.59. The largest absolute Gasteiger partial charge is 0.378 e. The zero-order chi connectivity index (χ0) is 21.9. The van der Waals surface area contributed by atoms with E-state index in [0.29, 0.717) is 37.0 Å². The summed E-state index contributed by atoms with van der Waals surface area (Å²) >= 11 is 6.09. The molecule has 1 heterocycles. The minimum absolute atomic E-state index is 0.0311. The number of morpholine rings is 1. The molecule has 0 atom stereocenters. The first-order valence-corrected chi connectivity index (χ1v) is 11.5. The van der Waals surface area contributed by atoms with Gasteiger partial charge in [0.15, 0.2) is 0 Å².